The minimum absolute atomic E-state index is 0.170. The van der Waals surface area contributed by atoms with E-state index in [0.29, 0.717) is 18.9 Å². The molecule has 0 radical (unpaired) electrons. The number of sulfonamides is 1. The molecule has 8 heteroatoms. The molecule has 2 rings (SSSR count). The van der Waals surface area contributed by atoms with Crippen LogP contribution in [0.4, 0.5) is 8.78 Å². The highest BCUT2D eigenvalue weighted by Crippen LogP contribution is 2.27. The highest BCUT2D eigenvalue weighted by atomic mass is 32.2. The molecule has 0 bridgehead atoms. The molecule has 110 valence electrons. The Labute approximate surface area is 115 Å². The molecule has 1 aliphatic rings. The molecule has 1 atom stereocenters. The number of piperidine rings is 1. The number of hydrogen-bond acceptors (Lipinski definition) is 3. The summed E-state index contributed by atoms with van der Waals surface area (Å²) in [4.78, 5) is -0.591. The summed E-state index contributed by atoms with van der Waals surface area (Å²) in [6, 6.07) is 1.55. The highest BCUT2D eigenvalue weighted by Gasteiger charge is 2.36. The van der Waals surface area contributed by atoms with Gasteiger partial charge in [-0.2, -0.15) is 4.31 Å². The van der Waals surface area contributed by atoms with Gasteiger partial charge in [0.15, 0.2) is 0 Å². The van der Waals surface area contributed by atoms with E-state index in [9.17, 15) is 17.2 Å². The topological polar surface area (TPSA) is 87.2 Å². The molecule has 0 aromatic heterocycles. The summed E-state index contributed by atoms with van der Waals surface area (Å²) in [5.74, 6) is -2.25. The van der Waals surface area contributed by atoms with Gasteiger partial charge in [0.2, 0.25) is 10.0 Å². The third-order valence-electron chi connectivity index (χ3n) is 3.29. The average Bonchev–Trinajstić information content (AvgIpc) is 2.38. The van der Waals surface area contributed by atoms with Crippen LogP contribution >= 0.6 is 0 Å². The second-order valence-corrected chi connectivity index (χ2v) is 6.52. The minimum Gasteiger partial charge on any atom is -0.386 e. The molecule has 1 unspecified atom stereocenters. The van der Waals surface area contributed by atoms with Gasteiger partial charge in [0.25, 0.3) is 0 Å². The summed E-state index contributed by atoms with van der Waals surface area (Å²) in [5.41, 5.74) is 5.42. The van der Waals surface area contributed by atoms with Gasteiger partial charge in [-0.15, -0.1) is 0 Å². The first-order valence-corrected chi connectivity index (χ1v) is 7.59. The van der Waals surface area contributed by atoms with E-state index in [-0.39, 0.29) is 12.4 Å². The maximum Gasteiger partial charge on any atom is 0.246 e. The van der Waals surface area contributed by atoms with E-state index < -0.39 is 32.6 Å². The van der Waals surface area contributed by atoms with Gasteiger partial charge in [-0.1, -0.05) is 6.42 Å². The first-order chi connectivity index (χ1) is 9.34. The molecule has 1 aliphatic heterocycles. The van der Waals surface area contributed by atoms with Crippen LogP contribution in [0.2, 0.25) is 0 Å². The van der Waals surface area contributed by atoms with E-state index in [1.165, 1.54) is 0 Å². The molecule has 0 saturated carbocycles. The van der Waals surface area contributed by atoms with Crippen molar-refractivity contribution >= 4 is 15.9 Å². The van der Waals surface area contributed by atoms with Crippen LogP contribution in [0.25, 0.3) is 0 Å². The third kappa shape index (κ3) is 2.66. The van der Waals surface area contributed by atoms with Gasteiger partial charge in [0.1, 0.15) is 22.4 Å². The molecule has 1 aromatic rings. The van der Waals surface area contributed by atoms with E-state index in [1.807, 2.05) is 0 Å². The van der Waals surface area contributed by atoms with E-state index in [2.05, 4.69) is 0 Å². The van der Waals surface area contributed by atoms with E-state index in [1.54, 1.807) is 0 Å². The Kier molecular flexibility index (Phi) is 4.05. The number of nitrogens with one attached hydrogen (secondary N) is 1. The Morgan fingerprint density at radius 3 is 2.65 bits per heavy atom. The maximum absolute atomic E-state index is 13.7. The number of rotatable bonds is 3. The number of hydrogen-bond donors (Lipinski definition) is 2. The van der Waals surface area contributed by atoms with Crippen LogP contribution in [0.3, 0.4) is 0 Å². The fourth-order valence-electron chi connectivity index (χ4n) is 2.31. The molecule has 0 spiro atoms. The number of benzene rings is 1. The van der Waals surface area contributed by atoms with Crippen LogP contribution in [0.1, 0.15) is 19.3 Å². The quantitative estimate of drug-likeness (QED) is 0.654. The van der Waals surface area contributed by atoms with Crippen LogP contribution in [0, 0.1) is 17.0 Å². The molecule has 1 heterocycles. The highest BCUT2D eigenvalue weighted by molar-refractivity contribution is 7.89. The predicted octanol–water partition coefficient (Wildman–Crippen LogP) is 1.44. The lowest BCUT2D eigenvalue weighted by Gasteiger charge is -2.33. The van der Waals surface area contributed by atoms with Gasteiger partial charge in [0, 0.05) is 12.6 Å². The Morgan fingerprint density at radius 2 is 2.05 bits per heavy atom. The lowest BCUT2D eigenvalue weighted by atomic mass is 10.0. The molecule has 0 amide bonds. The summed E-state index contributed by atoms with van der Waals surface area (Å²) in [5, 5.41) is 7.47. The van der Waals surface area contributed by atoms with Crippen molar-refractivity contribution in [1.29, 1.82) is 5.41 Å². The van der Waals surface area contributed by atoms with Crippen LogP contribution in [0.15, 0.2) is 23.1 Å². The summed E-state index contributed by atoms with van der Waals surface area (Å²) < 4.78 is 52.5. The van der Waals surface area contributed by atoms with Gasteiger partial charge in [-0.3, -0.25) is 5.41 Å². The van der Waals surface area contributed by atoms with E-state index in [4.69, 9.17) is 11.1 Å². The first-order valence-electron chi connectivity index (χ1n) is 6.15. The zero-order valence-corrected chi connectivity index (χ0v) is 11.5. The van der Waals surface area contributed by atoms with Gasteiger partial charge in [-0.05, 0) is 25.0 Å². The second kappa shape index (κ2) is 5.45. The Hall–Kier alpha value is -1.54. The molecule has 20 heavy (non-hydrogen) atoms. The molecule has 3 N–H and O–H groups in total. The molecular formula is C12H15F2N3O2S. The van der Waals surface area contributed by atoms with Crippen LogP contribution < -0.4 is 5.73 Å². The summed E-state index contributed by atoms with van der Waals surface area (Å²) >= 11 is 0. The Morgan fingerprint density at radius 1 is 1.35 bits per heavy atom. The SMILES string of the molecule is N=C(N)C1CCCCN1S(=O)(=O)c1ccc(F)cc1F. The fourth-order valence-corrected chi connectivity index (χ4v) is 4.04. The van der Waals surface area contributed by atoms with Crippen LogP contribution in [-0.2, 0) is 10.0 Å². The lowest BCUT2D eigenvalue weighted by Crippen LogP contribution is -2.50. The van der Waals surface area contributed by atoms with E-state index in [0.717, 1.165) is 22.9 Å². The standard InChI is InChI=1S/C12H15F2N3O2S/c13-8-4-5-11(9(14)7-8)20(18,19)17-6-2-1-3-10(17)12(15)16/h4-5,7,10H,1-3,6H2,(H3,15,16). The predicted molar refractivity (Wildman–Crippen MR) is 69.8 cm³/mol. The van der Waals surface area contributed by atoms with Crippen molar-refractivity contribution < 1.29 is 17.2 Å². The van der Waals surface area contributed by atoms with Gasteiger partial charge in [-0.25, -0.2) is 17.2 Å². The monoisotopic (exact) mass is 303 g/mol. The summed E-state index contributed by atoms with van der Waals surface area (Å²) in [6.45, 7) is 0.170. The van der Waals surface area contributed by atoms with Crippen molar-refractivity contribution in [2.75, 3.05) is 6.54 Å². The van der Waals surface area contributed by atoms with Crippen molar-refractivity contribution in [3.05, 3.63) is 29.8 Å². The lowest BCUT2D eigenvalue weighted by molar-refractivity contribution is 0.302. The maximum atomic E-state index is 13.7. The van der Waals surface area contributed by atoms with E-state index >= 15 is 0 Å². The number of nitrogens with two attached hydrogens (primary N) is 1. The number of halogens is 2. The van der Waals surface area contributed by atoms with Crippen LogP contribution in [-0.4, -0.2) is 31.1 Å². The van der Waals surface area contributed by atoms with Gasteiger partial charge in [0.05, 0.1) is 6.04 Å². The van der Waals surface area contributed by atoms with Crippen molar-refractivity contribution in [3.8, 4) is 0 Å². The Bertz CT molecular complexity index is 634. The zero-order chi connectivity index (χ0) is 14.9. The number of amidine groups is 1. The van der Waals surface area contributed by atoms with Crippen LogP contribution in [0.5, 0.6) is 0 Å². The molecule has 1 fully saturated rings. The summed E-state index contributed by atoms with van der Waals surface area (Å²) in [7, 11) is -4.13. The average molecular weight is 303 g/mol. The molecule has 1 saturated heterocycles. The van der Waals surface area contributed by atoms with Gasteiger partial charge >= 0.3 is 0 Å². The molecule has 0 aliphatic carbocycles. The largest absolute Gasteiger partial charge is 0.386 e. The normalized spacial score (nSPS) is 20.8. The Balaban J connectivity index is 2.45. The second-order valence-electron chi connectivity index (χ2n) is 4.66. The minimum atomic E-state index is -4.13. The number of nitrogens with zero attached hydrogens (tertiary/aromatic N) is 1. The van der Waals surface area contributed by atoms with Gasteiger partial charge < -0.3 is 5.73 Å². The smallest absolute Gasteiger partial charge is 0.246 e. The van der Waals surface area contributed by atoms with Crippen molar-refractivity contribution in [1.82, 2.24) is 4.31 Å². The first kappa shape index (κ1) is 14.9. The third-order valence-corrected chi connectivity index (χ3v) is 5.23. The van der Waals surface area contributed by atoms with Crippen molar-refractivity contribution in [2.45, 2.75) is 30.2 Å². The summed E-state index contributed by atoms with van der Waals surface area (Å²) in [6.07, 6.45) is 1.80. The fraction of sp³-hybridized carbons (Fsp3) is 0.417. The zero-order valence-electron chi connectivity index (χ0n) is 10.6. The van der Waals surface area contributed by atoms with Crippen molar-refractivity contribution in [2.24, 2.45) is 5.73 Å². The molecule has 1 aromatic carbocycles. The van der Waals surface area contributed by atoms with Crippen molar-refractivity contribution in [3.63, 3.8) is 0 Å². The molecule has 5 nitrogen and oxygen atoms in total. The molecular weight excluding hydrogens is 288 g/mol.